The summed E-state index contributed by atoms with van der Waals surface area (Å²) < 4.78 is 42.7. The van der Waals surface area contributed by atoms with Crippen molar-refractivity contribution in [1.29, 1.82) is 0 Å². The van der Waals surface area contributed by atoms with Gasteiger partial charge in [0.2, 0.25) is 5.78 Å². The van der Waals surface area contributed by atoms with Gasteiger partial charge in [0.15, 0.2) is 5.78 Å². The maximum atomic E-state index is 15.1. The van der Waals surface area contributed by atoms with E-state index in [4.69, 9.17) is 4.74 Å². The van der Waals surface area contributed by atoms with E-state index < -0.39 is 23.2 Å². The number of methoxy groups -OCH3 is 1. The second-order valence-corrected chi connectivity index (χ2v) is 9.33. The van der Waals surface area contributed by atoms with Crippen LogP contribution >= 0.6 is 23.1 Å². The number of hydrogen-bond acceptors (Lipinski definition) is 7. The van der Waals surface area contributed by atoms with Crippen molar-refractivity contribution in [1.82, 2.24) is 8.75 Å². The molecule has 0 atom stereocenters. The SMILES string of the molecule is COc1cc(-c2ccc3nsnc3c2)sc1C(=O)c1cc(F)c(-c2cccc(F)c2)cc1C(C)=O. The van der Waals surface area contributed by atoms with E-state index in [-0.39, 0.29) is 27.1 Å². The fraction of sp³-hybridized carbons (Fsp3) is 0.0769. The number of carbonyl (C=O) groups excluding carboxylic acids is 2. The minimum absolute atomic E-state index is 0.0373. The number of halogens is 2. The molecule has 0 amide bonds. The Hall–Kier alpha value is -3.82. The van der Waals surface area contributed by atoms with Gasteiger partial charge in [-0.15, -0.1) is 11.3 Å². The van der Waals surface area contributed by atoms with Gasteiger partial charge in [0.1, 0.15) is 33.3 Å². The molecule has 0 saturated carbocycles. The molecule has 9 heteroatoms. The van der Waals surface area contributed by atoms with Gasteiger partial charge in [-0.2, -0.15) is 8.75 Å². The maximum absolute atomic E-state index is 15.1. The summed E-state index contributed by atoms with van der Waals surface area (Å²) in [5.74, 6) is -1.90. The fourth-order valence-corrected chi connectivity index (χ4v) is 5.41. The predicted molar refractivity (Wildman–Crippen MR) is 133 cm³/mol. The van der Waals surface area contributed by atoms with Crippen LogP contribution in [-0.2, 0) is 0 Å². The van der Waals surface area contributed by atoms with E-state index in [1.54, 1.807) is 6.07 Å². The number of rotatable bonds is 6. The van der Waals surface area contributed by atoms with Gasteiger partial charge in [-0.25, -0.2) is 8.78 Å². The van der Waals surface area contributed by atoms with Crippen LogP contribution in [-0.4, -0.2) is 27.4 Å². The molecule has 0 fully saturated rings. The molecule has 0 aliphatic rings. The van der Waals surface area contributed by atoms with E-state index in [0.29, 0.717) is 5.75 Å². The van der Waals surface area contributed by atoms with Gasteiger partial charge in [-0.3, -0.25) is 9.59 Å². The van der Waals surface area contributed by atoms with Crippen LogP contribution in [0.5, 0.6) is 5.75 Å². The third-order valence-electron chi connectivity index (χ3n) is 5.53. The van der Waals surface area contributed by atoms with Gasteiger partial charge in [0.05, 0.1) is 18.8 Å². The molecule has 0 N–H and O–H groups in total. The Morgan fingerprint density at radius 1 is 0.886 bits per heavy atom. The summed E-state index contributed by atoms with van der Waals surface area (Å²) in [4.78, 5) is 27.0. The lowest BCUT2D eigenvalue weighted by atomic mass is 9.94. The molecule has 0 saturated heterocycles. The zero-order valence-electron chi connectivity index (χ0n) is 18.5. The first kappa shape index (κ1) is 22.9. The van der Waals surface area contributed by atoms with Crippen LogP contribution in [0.1, 0.15) is 32.5 Å². The Bertz CT molecular complexity index is 1620. The molecule has 0 aliphatic carbocycles. The zero-order chi connectivity index (χ0) is 24.7. The van der Waals surface area contributed by atoms with Crippen LogP contribution in [0.4, 0.5) is 8.78 Å². The summed E-state index contributed by atoms with van der Waals surface area (Å²) in [6.07, 6.45) is 0. The van der Waals surface area contributed by atoms with Gasteiger partial charge in [-0.1, -0.05) is 18.2 Å². The van der Waals surface area contributed by atoms with Crippen LogP contribution in [0.3, 0.4) is 0 Å². The molecular weight excluding hydrogens is 490 g/mol. The number of ketones is 2. The zero-order valence-corrected chi connectivity index (χ0v) is 20.1. The Balaban J connectivity index is 1.60. The molecule has 0 radical (unpaired) electrons. The molecule has 2 heterocycles. The second kappa shape index (κ2) is 9.09. The van der Waals surface area contributed by atoms with Crippen LogP contribution in [0, 0.1) is 11.6 Å². The van der Waals surface area contributed by atoms with Gasteiger partial charge in [0, 0.05) is 21.6 Å². The average molecular weight is 507 g/mol. The number of hydrogen-bond donors (Lipinski definition) is 0. The lowest BCUT2D eigenvalue weighted by Crippen LogP contribution is -2.09. The largest absolute Gasteiger partial charge is 0.495 e. The maximum Gasteiger partial charge on any atom is 0.207 e. The average Bonchev–Trinajstić information content (AvgIpc) is 3.49. The molecule has 0 aliphatic heterocycles. The normalized spacial score (nSPS) is 11.1. The van der Waals surface area contributed by atoms with E-state index in [2.05, 4.69) is 8.75 Å². The first-order chi connectivity index (χ1) is 16.9. The van der Waals surface area contributed by atoms with Crippen molar-refractivity contribution in [3.05, 3.63) is 88.3 Å². The fourth-order valence-electron chi connectivity index (χ4n) is 3.81. The van der Waals surface area contributed by atoms with Gasteiger partial charge in [0.25, 0.3) is 0 Å². The highest BCUT2D eigenvalue weighted by Crippen LogP contribution is 2.39. The lowest BCUT2D eigenvalue weighted by molar-refractivity contribution is 0.0990. The van der Waals surface area contributed by atoms with Crippen LogP contribution in [0.2, 0.25) is 0 Å². The smallest absolute Gasteiger partial charge is 0.207 e. The summed E-state index contributed by atoms with van der Waals surface area (Å²) in [5, 5.41) is 0. The van der Waals surface area contributed by atoms with Crippen molar-refractivity contribution < 1.29 is 23.1 Å². The number of aromatic nitrogens is 2. The second-order valence-electron chi connectivity index (χ2n) is 7.75. The molecule has 0 spiro atoms. The minimum atomic E-state index is -0.735. The molecule has 5 aromatic rings. The highest BCUT2D eigenvalue weighted by Gasteiger charge is 2.25. The van der Waals surface area contributed by atoms with Crippen molar-refractivity contribution in [3.8, 4) is 27.3 Å². The minimum Gasteiger partial charge on any atom is -0.495 e. The predicted octanol–water partition coefficient (Wildman–Crippen LogP) is 6.81. The number of nitrogens with zero attached hydrogens (tertiary/aromatic N) is 2. The number of Topliss-reactive ketones (excluding diaryl/α,β-unsaturated/α-hetero) is 1. The van der Waals surface area contributed by atoms with Crippen LogP contribution in [0.25, 0.3) is 32.6 Å². The molecule has 2 aromatic heterocycles. The summed E-state index contributed by atoms with van der Waals surface area (Å²) in [6, 6.07) is 15.0. The van der Waals surface area contributed by atoms with Crippen molar-refractivity contribution in [2.24, 2.45) is 0 Å². The van der Waals surface area contributed by atoms with E-state index >= 15 is 4.39 Å². The number of fused-ring (bicyclic) bond motifs is 1. The van der Waals surface area contributed by atoms with Crippen molar-refractivity contribution in [2.45, 2.75) is 6.92 Å². The monoisotopic (exact) mass is 506 g/mol. The van der Waals surface area contributed by atoms with E-state index in [9.17, 15) is 14.0 Å². The molecular formula is C26H16F2N2O3S2. The third-order valence-corrected chi connectivity index (χ3v) is 7.25. The van der Waals surface area contributed by atoms with E-state index in [0.717, 1.165) is 39.3 Å². The van der Waals surface area contributed by atoms with Crippen LogP contribution < -0.4 is 4.74 Å². The Labute approximate surface area is 207 Å². The summed E-state index contributed by atoms with van der Waals surface area (Å²) in [7, 11) is 1.44. The summed E-state index contributed by atoms with van der Waals surface area (Å²) in [6.45, 7) is 1.30. The molecule has 174 valence electrons. The first-order valence-electron chi connectivity index (χ1n) is 10.4. The van der Waals surface area contributed by atoms with Crippen molar-refractivity contribution in [3.63, 3.8) is 0 Å². The van der Waals surface area contributed by atoms with E-state index in [1.807, 2.05) is 18.2 Å². The van der Waals surface area contributed by atoms with Crippen molar-refractivity contribution >= 4 is 45.7 Å². The number of thiophene rings is 1. The summed E-state index contributed by atoms with van der Waals surface area (Å²) >= 11 is 2.29. The molecule has 5 rings (SSSR count). The quantitative estimate of drug-likeness (QED) is 0.237. The van der Waals surface area contributed by atoms with Crippen LogP contribution in [0.15, 0.2) is 60.7 Å². The van der Waals surface area contributed by atoms with Gasteiger partial charge < -0.3 is 4.74 Å². The number of carbonyl (C=O) groups is 2. The van der Waals surface area contributed by atoms with Crippen molar-refractivity contribution in [2.75, 3.05) is 7.11 Å². The molecule has 0 unspecified atom stereocenters. The number of benzene rings is 3. The Kier molecular flexibility index (Phi) is 5.96. The molecule has 3 aromatic carbocycles. The van der Waals surface area contributed by atoms with E-state index in [1.165, 1.54) is 55.7 Å². The Morgan fingerprint density at radius 2 is 1.69 bits per heavy atom. The lowest BCUT2D eigenvalue weighted by Gasteiger charge is -2.11. The number of ether oxygens (including phenoxy) is 1. The first-order valence-corrected chi connectivity index (χ1v) is 12.0. The van der Waals surface area contributed by atoms with Gasteiger partial charge in [-0.05, 0) is 60.5 Å². The highest BCUT2D eigenvalue weighted by atomic mass is 32.1. The standard InChI is InChI=1S/C26H16F2N2O3S2/c1-13(31)17-10-18(14-4-3-5-16(27)8-14)20(28)11-19(17)25(32)26-23(33-2)12-24(34-26)15-6-7-21-22(9-15)30-35-29-21/h3-12H,1-2H3. The van der Waals surface area contributed by atoms with Gasteiger partial charge >= 0.3 is 0 Å². The Morgan fingerprint density at radius 3 is 2.43 bits per heavy atom. The highest BCUT2D eigenvalue weighted by molar-refractivity contribution is 7.18. The molecule has 5 nitrogen and oxygen atoms in total. The summed E-state index contributed by atoms with van der Waals surface area (Å²) in [5.41, 5.74) is 2.61. The topological polar surface area (TPSA) is 69.2 Å². The molecule has 0 bridgehead atoms. The molecule has 35 heavy (non-hydrogen) atoms. The third kappa shape index (κ3) is 4.24.